The molecule has 0 aliphatic heterocycles. The Morgan fingerprint density at radius 2 is 1.60 bits per heavy atom. The monoisotopic (exact) mass is 411 g/mol. The Hall–Kier alpha value is -2.14. The van der Waals surface area contributed by atoms with Crippen LogP contribution in [0.25, 0.3) is 0 Å². The van der Waals surface area contributed by atoms with Crippen LogP contribution in [0.15, 0.2) is 16.7 Å². The Morgan fingerprint density at radius 1 is 1.12 bits per heavy atom. The summed E-state index contributed by atoms with van der Waals surface area (Å²) in [5, 5.41) is 8.80. The molecule has 0 bridgehead atoms. The van der Waals surface area contributed by atoms with Gasteiger partial charge in [0.1, 0.15) is 21.6 Å². The molecule has 0 aliphatic rings. The summed E-state index contributed by atoms with van der Waals surface area (Å²) in [6, 6.07) is 5.09. The highest BCUT2D eigenvalue weighted by Gasteiger charge is 2.33. The standard InChI is InChI=1S/C17H22BrN3O4/c1-16(2,3)24-14(22)21(15(23)25-17(4,5)6)12-8-7-11(9-10-19)13(18)20-12/h7-8H,9H2,1-6H3. The van der Waals surface area contributed by atoms with Crippen molar-refractivity contribution >= 4 is 33.9 Å². The molecule has 0 atom stereocenters. The van der Waals surface area contributed by atoms with Gasteiger partial charge in [0.2, 0.25) is 0 Å². The van der Waals surface area contributed by atoms with Gasteiger partial charge in [0.25, 0.3) is 0 Å². The lowest BCUT2D eigenvalue weighted by Crippen LogP contribution is -2.44. The van der Waals surface area contributed by atoms with Gasteiger partial charge >= 0.3 is 12.2 Å². The minimum atomic E-state index is -0.894. The quantitative estimate of drug-likeness (QED) is 0.660. The Balaban J connectivity index is 3.27. The van der Waals surface area contributed by atoms with E-state index in [1.165, 1.54) is 6.07 Å². The summed E-state index contributed by atoms with van der Waals surface area (Å²) in [7, 11) is 0. The molecule has 136 valence electrons. The molecule has 7 nitrogen and oxygen atoms in total. The van der Waals surface area contributed by atoms with E-state index < -0.39 is 23.4 Å². The predicted octanol–water partition coefficient (Wildman–Crippen LogP) is 4.59. The third-order valence-corrected chi connectivity index (χ3v) is 3.25. The maximum absolute atomic E-state index is 12.5. The minimum absolute atomic E-state index is 0.0389. The van der Waals surface area contributed by atoms with Crippen LogP contribution in [-0.4, -0.2) is 28.4 Å². The normalized spacial score (nSPS) is 11.4. The molecule has 25 heavy (non-hydrogen) atoms. The number of rotatable bonds is 2. The van der Waals surface area contributed by atoms with E-state index in [1.807, 2.05) is 6.07 Å². The lowest BCUT2D eigenvalue weighted by Gasteiger charge is -2.28. The molecule has 2 amide bonds. The van der Waals surface area contributed by atoms with Gasteiger partial charge < -0.3 is 9.47 Å². The maximum Gasteiger partial charge on any atom is 0.425 e. The number of hydrogen-bond donors (Lipinski definition) is 0. The first-order chi connectivity index (χ1) is 11.3. The molecule has 0 unspecified atom stereocenters. The largest absolute Gasteiger partial charge is 0.443 e. The van der Waals surface area contributed by atoms with Crippen molar-refractivity contribution in [2.45, 2.75) is 59.2 Å². The number of amides is 2. The number of aromatic nitrogens is 1. The average Bonchev–Trinajstić information content (AvgIpc) is 2.37. The van der Waals surface area contributed by atoms with Crippen LogP contribution in [0.1, 0.15) is 47.1 Å². The fourth-order valence-electron chi connectivity index (χ4n) is 1.67. The summed E-state index contributed by atoms with van der Waals surface area (Å²) in [4.78, 5) is 29.9. The van der Waals surface area contributed by atoms with Crippen LogP contribution < -0.4 is 4.90 Å². The molecule has 0 saturated heterocycles. The molecule has 1 heterocycles. The number of halogens is 1. The van der Waals surface area contributed by atoms with E-state index in [4.69, 9.17) is 14.7 Å². The number of nitriles is 1. The number of ether oxygens (including phenoxy) is 2. The molecule has 0 spiro atoms. The highest BCUT2D eigenvalue weighted by Crippen LogP contribution is 2.24. The summed E-state index contributed by atoms with van der Waals surface area (Å²) in [6.45, 7) is 10.2. The Bertz CT molecular complexity index is 671. The van der Waals surface area contributed by atoms with Crippen molar-refractivity contribution in [1.29, 1.82) is 5.26 Å². The first kappa shape index (κ1) is 20.9. The van der Waals surface area contributed by atoms with Gasteiger partial charge in [-0.25, -0.2) is 14.6 Å². The van der Waals surface area contributed by atoms with E-state index in [1.54, 1.807) is 47.6 Å². The highest BCUT2D eigenvalue weighted by molar-refractivity contribution is 9.10. The molecule has 1 rings (SSSR count). The maximum atomic E-state index is 12.5. The fraction of sp³-hybridized carbons (Fsp3) is 0.529. The summed E-state index contributed by atoms with van der Waals surface area (Å²) in [5.41, 5.74) is -0.954. The van der Waals surface area contributed by atoms with Crippen LogP contribution in [0.2, 0.25) is 0 Å². The Morgan fingerprint density at radius 3 is 1.96 bits per heavy atom. The number of anilines is 1. The lowest BCUT2D eigenvalue weighted by molar-refractivity contribution is 0.0429. The van der Waals surface area contributed by atoms with Gasteiger partial charge in [0.15, 0.2) is 0 Å². The van der Waals surface area contributed by atoms with Crippen LogP contribution in [0.5, 0.6) is 0 Å². The topological polar surface area (TPSA) is 92.5 Å². The first-order valence-corrected chi connectivity index (χ1v) is 8.42. The van der Waals surface area contributed by atoms with Crippen LogP contribution in [-0.2, 0) is 15.9 Å². The second-order valence-electron chi connectivity index (χ2n) is 7.25. The predicted molar refractivity (Wildman–Crippen MR) is 96.2 cm³/mol. The van der Waals surface area contributed by atoms with Crippen LogP contribution >= 0.6 is 15.9 Å². The van der Waals surface area contributed by atoms with E-state index in [9.17, 15) is 9.59 Å². The Labute approximate surface area is 156 Å². The van der Waals surface area contributed by atoms with Gasteiger partial charge in [-0.05, 0) is 69.1 Å². The summed E-state index contributed by atoms with van der Waals surface area (Å²) < 4.78 is 10.9. The SMILES string of the molecule is CC(C)(C)OC(=O)N(C(=O)OC(C)(C)C)c1ccc(CC#N)c(Br)n1. The second-order valence-corrected chi connectivity index (χ2v) is 8.00. The van der Waals surface area contributed by atoms with Crippen molar-refractivity contribution in [3.63, 3.8) is 0 Å². The third kappa shape index (κ3) is 6.70. The highest BCUT2D eigenvalue weighted by atomic mass is 79.9. The van der Waals surface area contributed by atoms with E-state index in [0.29, 0.717) is 10.2 Å². The van der Waals surface area contributed by atoms with Crippen LogP contribution in [0.4, 0.5) is 15.4 Å². The van der Waals surface area contributed by atoms with Gasteiger partial charge in [0, 0.05) is 0 Å². The van der Waals surface area contributed by atoms with E-state index in [2.05, 4.69) is 20.9 Å². The van der Waals surface area contributed by atoms with Crippen molar-refractivity contribution in [2.24, 2.45) is 0 Å². The Kier molecular flexibility index (Phi) is 6.54. The summed E-state index contributed by atoms with van der Waals surface area (Å²) in [5.74, 6) is 0.0389. The number of hydrogen-bond acceptors (Lipinski definition) is 6. The number of carbonyl (C=O) groups is 2. The van der Waals surface area contributed by atoms with E-state index in [0.717, 1.165) is 4.90 Å². The smallest absolute Gasteiger partial charge is 0.425 e. The summed E-state index contributed by atoms with van der Waals surface area (Å²) >= 11 is 3.24. The molecule has 0 N–H and O–H groups in total. The molecular formula is C17H22BrN3O4. The van der Waals surface area contributed by atoms with Gasteiger partial charge in [-0.15, -0.1) is 0 Å². The average molecular weight is 412 g/mol. The molecule has 8 heteroatoms. The van der Waals surface area contributed by atoms with Crippen molar-refractivity contribution in [1.82, 2.24) is 4.98 Å². The van der Waals surface area contributed by atoms with Crippen molar-refractivity contribution in [2.75, 3.05) is 4.90 Å². The number of nitrogens with zero attached hydrogens (tertiary/aromatic N) is 3. The van der Waals surface area contributed by atoms with Gasteiger partial charge in [0.05, 0.1) is 12.5 Å². The van der Waals surface area contributed by atoms with Crippen molar-refractivity contribution in [3.05, 3.63) is 22.3 Å². The van der Waals surface area contributed by atoms with Crippen LogP contribution in [0, 0.1) is 11.3 Å². The third-order valence-electron chi connectivity index (χ3n) is 2.56. The van der Waals surface area contributed by atoms with Gasteiger partial charge in [-0.2, -0.15) is 10.2 Å². The fourth-order valence-corrected chi connectivity index (χ4v) is 2.13. The lowest BCUT2D eigenvalue weighted by atomic mass is 10.2. The van der Waals surface area contributed by atoms with Crippen molar-refractivity contribution in [3.8, 4) is 6.07 Å². The zero-order chi connectivity index (χ0) is 19.4. The number of carbonyl (C=O) groups excluding carboxylic acids is 2. The minimum Gasteiger partial charge on any atom is -0.443 e. The molecule has 0 fully saturated rings. The van der Waals surface area contributed by atoms with Gasteiger partial charge in [-0.1, -0.05) is 6.07 Å². The molecule has 0 saturated carbocycles. The van der Waals surface area contributed by atoms with Gasteiger partial charge in [-0.3, -0.25) is 0 Å². The summed E-state index contributed by atoms with van der Waals surface area (Å²) in [6.07, 6.45) is -1.64. The first-order valence-electron chi connectivity index (χ1n) is 7.62. The number of pyridine rings is 1. The molecule has 0 aromatic carbocycles. The molecular weight excluding hydrogens is 390 g/mol. The van der Waals surface area contributed by atoms with E-state index in [-0.39, 0.29) is 12.2 Å². The zero-order valence-corrected chi connectivity index (χ0v) is 16.8. The van der Waals surface area contributed by atoms with E-state index >= 15 is 0 Å². The molecule has 1 aromatic rings. The number of imide groups is 1. The molecule has 0 aliphatic carbocycles. The molecule has 1 aromatic heterocycles. The second kappa shape index (κ2) is 7.83. The van der Waals surface area contributed by atoms with Crippen LogP contribution in [0.3, 0.4) is 0 Å². The zero-order valence-electron chi connectivity index (χ0n) is 15.2. The van der Waals surface area contributed by atoms with Crippen molar-refractivity contribution < 1.29 is 19.1 Å². The molecule has 0 radical (unpaired) electrons.